The smallest absolute Gasteiger partial charge is 0.226 e. The van der Waals surface area contributed by atoms with Crippen LogP contribution in [-0.2, 0) is 12.2 Å². The number of nitrogens with zero attached hydrogens (tertiary/aromatic N) is 2. The van der Waals surface area contributed by atoms with Crippen molar-refractivity contribution >= 4 is 23.4 Å². The number of aromatic nitrogens is 2. The van der Waals surface area contributed by atoms with E-state index in [1.54, 1.807) is 11.8 Å². The quantitative estimate of drug-likeness (QED) is 0.790. The van der Waals surface area contributed by atoms with Crippen molar-refractivity contribution in [3.8, 4) is 0 Å². The third-order valence-electron chi connectivity index (χ3n) is 2.75. The molecule has 0 amide bonds. The second-order valence-corrected chi connectivity index (χ2v) is 6.12. The van der Waals surface area contributed by atoms with Gasteiger partial charge in [0.05, 0.1) is 10.8 Å². The second kappa shape index (κ2) is 7.67. The van der Waals surface area contributed by atoms with E-state index in [2.05, 4.69) is 10.1 Å². The van der Waals surface area contributed by atoms with E-state index in [9.17, 15) is 0 Å². The maximum Gasteiger partial charge on any atom is 0.226 e. The Morgan fingerprint density at radius 2 is 2.20 bits per heavy atom. The average molecular weight is 312 g/mol. The maximum atomic E-state index is 6.10. The molecule has 0 aliphatic carbocycles. The molecule has 0 bridgehead atoms. The van der Waals surface area contributed by atoms with Crippen molar-refractivity contribution in [1.29, 1.82) is 0 Å². The Balaban J connectivity index is 1.82. The van der Waals surface area contributed by atoms with Crippen molar-refractivity contribution in [2.24, 2.45) is 5.73 Å². The van der Waals surface area contributed by atoms with Crippen LogP contribution < -0.4 is 5.73 Å². The number of hydrogen-bond acceptors (Lipinski definition) is 5. The van der Waals surface area contributed by atoms with Gasteiger partial charge in [0.25, 0.3) is 0 Å². The molecule has 1 aromatic heterocycles. The molecule has 20 heavy (non-hydrogen) atoms. The minimum atomic E-state index is 0.216. The summed E-state index contributed by atoms with van der Waals surface area (Å²) in [7, 11) is 0. The molecule has 1 aromatic carbocycles. The Hall–Kier alpha value is -1.04. The van der Waals surface area contributed by atoms with Crippen LogP contribution in [0.3, 0.4) is 0 Å². The molecular formula is C14H18ClN3OS. The first-order valence-electron chi connectivity index (χ1n) is 6.59. The van der Waals surface area contributed by atoms with Gasteiger partial charge >= 0.3 is 0 Å². The fourth-order valence-electron chi connectivity index (χ4n) is 1.73. The van der Waals surface area contributed by atoms with Gasteiger partial charge in [-0.15, -0.1) is 11.8 Å². The lowest BCUT2D eigenvalue weighted by molar-refractivity contribution is 0.369. The molecule has 1 heterocycles. The Labute approximate surface area is 128 Å². The lowest BCUT2D eigenvalue weighted by Crippen LogP contribution is -2.14. The SMILES string of the molecule is CC(N)CCCc1nc(CSc2ccccc2Cl)no1. The van der Waals surface area contributed by atoms with Crippen molar-refractivity contribution < 1.29 is 4.52 Å². The molecule has 2 N–H and O–H groups in total. The molecule has 4 nitrogen and oxygen atoms in total. The molecule has 1 unspecified atom stereocenters. The van der Waals surface area contributed by atoms with Crippen molar-refractivity contribution in [2.45, 2.75) is 42.9 Å². The van der Waals surface area contributed by atoms with E-state index in [0.717, 1.165) is 29.2 Å². The van der Waals surface area contributed by atoms with Gasteiger partial charge in [-0.25, -0.2) is 0 Å². The van der Waals surface area contributed by atoms with E-state index >= 15 is 0 Å². The Bertz CT molecular complexity index is 545. The predicted octanol–water partition coefficient (Wildman–Crippen LogP) is 3.69. The summed E-state index contributed by atoms with van der Waals surface area (Å²) in [6, 6.07) is 7.95. The van der Waals surface area contributed by atoms with Crippen LogP contribution in [0.4, 0.5) is 0 Å². The largest absolute Gasteiger partial charge is 0.339 e. The lowest BCUT2D eigenvalue weighted by atomic mass is 10.1. The van der Waals surface area contributed by atoms with Gasteiger partial charge in [0.15, 0.2) is 5.82 Å². The lowest BCUT2D eigenvalue weighted by Gasteiger charge is -2.01. The molecule has 108 valence electrons. The van der Waals surface area contributed by atoms with E-state index in [0.29, 0.717) is 17.5 Å². The van der Waals surface area contributed by atoms with Crippen LogP contribution in [0.2, 0.25) is 5.02 Å². The predicted molar refractivity (Wildman–Crippen MR) is 81.9 cm³/mol. The molecule has 2 rings (SSSR count). The number of nitrogens with two attached hydrogens (primary N) is 1. The zero-order chi connectivity index (χ0) is 14.4. The molecule has 1 atom stereocenters. The van der Waals surface area contributed by atoms with Gasteiger partial charge < -0.3 is 10.3 Å². The highest BCUT2D eigenvalue weighted by atomic mass is 35.5. The summed E-state index contributed by atoms with van der Waals surface area (Å²) in [5.74, 6) is 2.03. The number of hydrogen-bond donors (Lipinski definition) is 1. The highest BCUT2D eigenvalue weighted by Crippen LogP contribution is 2.28. The Morgan fingerprint density at radius 3 is 2.95 bits per heavy atom. The zero-order valence-corrected chi connectivity index (χ0v) is 13.0. The topological polar surface area (TPSA) is 64.9 Å². The van der Waals surface area contributed by atoms with Gasteiger partial charge in [-0.2, -0.15) is 4.98 Å². The molecule has 0 aliphatic rings. The summed E-state index contributed by atoms with van der Waals surface area (Å²) < 4.78 is 5.22. The van der Waals surface area contributed by atoms with Gasteiger partial charge in [-0.1, -0.05) is 28.9 Å². The van der Waals surface area contributed by atoms with Crippen LogP contribution in [0, 0.1) is 0 Å². The van der Waals surface area contributed by atoms with Crippen LogP contribution in [0.15, 0.2) is 33.7 Å². The molecule has 0 aliphatic heterocycles. The van der Waals surface area contributed by atoms with Crippen molar-refractivity contribution in [2.75, 3.05) is 0 Å². The minimum absolute atomic E-state index is 0.216. The van der Waals surface area contributed by atoms with Crippen LogP contribution in [0.1, 0.15) is 31.5 Å². The first-order chi connectivity index (χ1) is 9.65. The standard InChI is InChI=1S/C14H18ClN3OS/c1-10(16)5-4-8-14-17-13(18-19-14)9-20-12-7-3-2-6-11(12)15/h2-3,6-7,10H,4-5,8-9,16H2,1H3. The van der Waals surface area contributed by atoms with E-state index < -0.39 is 0 Å². The second-order valence-electron chi connectivity index (χ2n) is 4.69. The molecule has 0 radical (unpaired) electrons. The van der Waals surface area contributed by atoms with Crippen molar-refractivity contribution in [1.82, 2.24) is 10.1 Å². The summed E-state index contributed by atoms with van der Waals surface area (Å²) in [6.45, 7) is 2.00. The van der Waals surface area contributed by atoms with Crippen LogP contribution in [0.5, 0.6) is 0 Å². The summed E-state index contributed by atoms with van der Waals surface area (Å²) in [4.78, 5) is 5.39. The third-order valence-corrected chi connectivity index (χ3v) is 4.26. The minimum Gasteiger partial charge on any atom is -0.339 e. The normalized spacial score (nSPS) is 12.6. The monoisotopic (exact) mass is 311 g/mol. The van der Waals surface area contributed by atoms with Gasteiger partial charge in [0.2, 0.25) is 5.89 Å². The highest BCUT2D eigenvalue weighted by Gasteiger charge is 2.08. The van der Waals surface area contributed by atoms with Crippen molar-refractivity contribution in [3.05, 3.63) is 41.0 Å². The van der Waals surface area contributed by atoms with Gasteiger partial charge in [0, 0.05) is 17.4 Å². The van der Waals surface area contributed by atoms with Crippen LogP contribution in [0.25, 0.3) is 0 Å². The maximum absolute atomic E-state index is 6.10. The summed E-state index contributed by atoms with van der Waals surface area (Å²) in [5, 5.41) is 4.73. The molecular weight excluding hydrogens is 294 g/mol. The number of halogens is 1. The summed E-state index contributed by atoms with van der Waals surface area (Å²) >= 11 is 7.70. The molecule has 0 saturated carbocycles. The fraction of sp³-hybridized carbons (Fsp3) is 0.429. The number of benzene rings is 1. The van der Waals surface area contributed by atoms with E-state index in [4.69, 9.17) is 21.9 Å². The van der Waals surface area contributed by atoms with Crippen LogP contribution >= 0.6 is 23.4 Å². The first kappa shape index (κ1) is 15.4. The number of thioether (sulfide) groups is 1. The summed E-state index contributed by atoms with van der Waals surface area (Å²) in [6.07, 6.45) is 2.72. The molecule has 0 spiro atoms. The molecule has 6 heteroatoms. The highest BCUT2D eigenvalue weighted by molar-refractivity contribution is 7.98. The fourth-order valence-corrected chi connectivity index (χ4v) is 2.81. The molecule has 0 fully saturated rings. The molecule has 0 saturated heterocycles. The average Bonchev–Trinajstić information content (AvgIpc) is 2.85. The van der Waals surface area contributed by atoms with Gasteiger partial charge in [-0.05, 0) is 31.9 Å². The number of aryl methyl sites for hydroxylation is 1. The molecule has 2 aromatic rings. The Morgan fingerprint density at radius 1 is 1.40 bits per heavy atom. The first-order valence-corrected chi connectivity index (χ1v) is 7.96. The van der Waals surface area contributed by atoms with Crippen LogP contribution in [-0.4, -0.2) is 16.2 Å². The number of rotatable bonds is 7. The van der Waals surface area contributed by atoms with E-state index in [-0.39, 0.29) is 6.04 Å². The van der Waals surface area contributed by atoms with Gasteiger partial charge in [0.1, 0.15) is 0 Å². The van der Waals surface area contributed by atoms with E-state index in [1.165, 1.54) is 0 Å². The third kappa shape index (κ3) is 4.81. The zero-order valence-electron chi connectivity index (χ0n) is 11.4. The van der Waals surface area contributed by atoms with Crippen molar-refractivity contribution in [3.63, 3.8) is 0 Å². The van der Waals surface area contributed by atoms with Gasteiger partial charge in [-0.3, -0.25) is 0 Å². The van der Waals surface area contributed by atoms with E-state index in [1.807, 2.05) is 31.2 Å². The summed E-state index contributed by atoms with van der Waals surface area (Å²) in [5.41, 5.74) is 5.71. The Kier molecular flexibility index (Phi) is 5.88.